The highest BCUT2D eigenvalue weighted by Crippen LogP contribution is 2.25. The van der Waals surface area contributed by atoms with Gasteiger partial charge in [-0.1, -0.05) is 11.6 Å². The maximum atomic E-state index is 12.2. The molecule has 1 aromatic rings. The molecule has 0 bridgehead atoms. The quantitative estimate of drug-likeness (QED) is 0.778. The summed E-state index contributed by atoms with van der Waals surface area (Å²) in [6.07, 6.45) is 0. The molecule has 1 aromatic carbocycles. The molecule has 0 saturated heterocycles. The standard InChI is InChI=1S/C14H19ClN2O3/c1-9(2)17(8-14(16)19)7-12(18)10-4-5-13(20-3)11(15)6-10/h4-6,9H,7-8H2,1-3H3,(H2,16,19). The van der Waals surface area contributed by atoms with E-state index in [1.54, 1.807) is 23.1 Å². The van der Waals surface area contributed by atoms with E-state index in [2.05, 4.69) is 0 Å². The third-order valence-corrected chi connectivity index (χ3v) is 3.21. The zero-order valence-corrected chi connectivity index (χ0v) is 12.6. The highest BCUT2D eigenvalue weighted by molar-refractivity contribution is 6.32. The highest BCUT2D eigenvalue weighted by atomic mass is 35.5. The van der Waals surface area contributed by atoms with E-state index in [4.69, 9.17) is 22.1 Å². The molecular weight excluding hydrogens is 280 g/mol. The molecule has 0 aliphatic rings. The van der Waals surface area contributed by atoms with Gasteiger partial charge in [0.15, 0.2) is 5.78 Å². The SMILES string of the molecule is COc1ccc(C(=O)CN(CC(N)=O)C(C)C)cc1Cl. The molecule has 0 fully saturated rings. The second-order valence-corrected chi connectivity index (χ2v) is 5.14. The van der Waals surface area contributed by atoms with Crippen molar-refractivity contribution in [3.8, 4) is 5.75 Å². The zero-order chi connectivity index (χ0) is 15.3. The Balaban J connectivity index is 2.83. The van der Waals surface area contributed by atoms with E-state index in [-0.39, 0.29) is 24.9 Å². The number of halogens is 1. The molecule has 110 valence electrons. The monoisotopic (exact) mass is 298 g/mol. The van der Waals surface area contributed by atoms with Gasteiger partial charge >= 0.3 is 0 Å². The molecule has 1 rings (SSSR count). The summed E-state index contributed by atoms with van der Waals surface area (Å²) in [5.41, 5.74) is 5.66. The number of carbonyl (C=O) groups is 2. The Kier molecular flexibility index (Phi) is 5.98. The predicted molar refractivity (Wildman–Crippen MR) is 78.2 cm³/mol. The van der Waals surface area contributed by atoms with E-state index in [1.807, 2.05) is 13.8 Å². The number of carbonyl (C=O) groups excluding carboxylic acids is 2. The summed E-state index contributed by atoms with van der Waals surface area (Å²) < 4.78 is 5.04. The van der Waals surface area contributed by atoms with Crippen molar-refractivity contribution >= 4 is 23.3 Å². The number of rotatable bonds is 7. The molecule has 20 heavy (non-hydrogen) atoms. The summed E-state index contributed by atoms with van der Waals surface area (Å²) >= 11 is 5.99. The fraction of sp³-hybridized carbons (Fsp3) is 0.429. The van der Waals surface area contributed by atoms with Crippen LogP contribution in [0.2, 0.25) is 5.02 Å². The molecule has 0 unspecified atom stereocenters. The fourth-order valence-electron chi connectivity index (χ4n) is 1.74. The second kappa shape index (κ2) is 7.26. The Morgan fingerprint density at radius 1 is 1.35 bits per heavy atom. The predicted octanol–water partition coefficient (Wildman–Crippen LogP) is 1.73. The van der Waals surface area contributed by atoms with Crippen molar-refractivity contribution in [2.24, 2.45) is 5.73 Å². The molecular formula is C14H19ClN2O3. The van der Waals surface area contributed by atoms with Gasteiger partial charge in [-0.15, -0.1) is 0 Å². The molecule has 0 atom stereocenters. The largest absolute Gasteiger partial charge is 0.495 e. The molecule has 0 aliphatic carbocycles. The molecule has 0 spiro atoms. The van der Waals surface area contributed by atoms with Crippen LogP contribution in [-0.2, 0) is 4.79 Å². The number of benzene rings is 1. The van der Waals surface area contributed by atoms with Crippen LogP contribution in [0.4, 0.5) is 0 Å². The lowest BCUT2D eigenvalue weighted by Crippen LogP contribution is -2.41. The molecule has 6 heteroatoms. The van der Waals surface area contributed by atoms with E-state index in [1.165, 1.54) is 7.11 Å². The average molecular weight is 299 g/mol. The molecule has 0 aromatic heterocycles. The van der Waals surface area contributed by atoms with Gasteiger partial charge in [0.2, 0.25) is 5.91 Å². The van der Waals surface area contributed by atoms with E-state index >= 15 is 0 Å². The van der Waals surface area contributed by atoms with E-state index in [0.717, 1.165) is 0 Å². The number of ether oxygens (including phenoxy) is 1. The van der Waals surface area contributed by atoms with E-state index in [9.17, 15) is 9.59 Å². The van der Waals surface area contributed by atoms with Crippen LogP contribution in [0.15, 0.2) is 18.2 Å². The van der Waals surface area contributed by atoms with Gasteiger partial charge in [-0.2, -0.15) is 0 Å². The lowest BCUT2D eigenvalue weighted by atomic mass is 10.1. The van der Waals surface area contributed by atoms with Gasteiger partial charge in [0.05, 0.1) is 25.2 Å². The Morgan fingerprint density at radius 2 is 2.00 bits per heavy atom. The number of hydrogen-bond donors (Lipinski definition) is 1. The Bertz CT molecular complexity index is 503. The van der Waals surface area contributed by atoms with Crippen LogP contribution in [0.5, 0.6) is 5.75 Å². The molecule has 1 amide bonds. The van der Waals surface area contributed by atoms with Gasteiger partial charge < -0.3 is 10.5 Å². The fourth-order valence-corrected chi connectivity index (χ4v) is 1.99. The van der Waals surface area contributed by atoms with Crippen molar-refractivity contribution in [1.29, 1.82) is 0 Å². The summed E-state index contributed by atoms with van der Waals surface area (Å²) in [5.74, 6) is -0.0650. The van der Waals surface area contributed by atoms with Crippen molar-refractivity contribution in [2.75, 3.05) is 20.2 Å². The van der Waals surface area contributed by atoms with Crippen LogP contribution in [0, 0.1) is 0 Å². The van der Waals surface area contributed by atoms with Gasteiger partial charge in [-0.3, -0.25) is 14.5 Å². The van der Waals surface area contributed by atoms with Crippen LogP contribution in [0.1, 0.15) is 24.2 Å². The van der Waals surface area contributed by atoms with Crippen LogP contribution >= 0.6 is 11.6 Å². The smallest absolute Gasteiger partial charge is 0.231 e. The number of nitrogens with two attached hydrogens (primary N) is 1. The number of methoxy groups -OCH3 is 1. The van der Waals surface area contributed by atoms with Crippen molar-refractivity contribution in [2.45, 2.75) is 19.9 Å². The average Bonchev–Trinajstić information content (AvgIpc) is 2.37. The molecule has 2 N–H and O–H groups in total. The highest BCUT2D eigenvalue weighted by Gasteiger charge is 2.18. The minimum Gasteiger partial charge on any atom is -0.495 e. The lowest BCUT2D eigenvalue weighted by molar-refractivity contribution is -0.119. The van der Waals surface area contributed by atoms with Gasteiger partial charge in [0.1, 0.15) is 5.75 Å². The third-order valence-electron chi connectivity index (χ3n) is 2.91. The normalized spacial score (nSPS) is 10.9. The summed E-state index contributed by atoms with van der Waals surface area (Å²) in [4.78, 5) is 24.9. The first kappa shape index (κ1) is 16.5. The number of primary amides is 1. The summed E-state index contributed by atoms with van der Waals surface area (Å²) in [7, 11) is 1.51. The topological polar surface area (TPSA) is 72.6 Å². The Morgan fingerprint density at radius 3 is 2.45 bits per heavy atom. The lowest BCUT2D eigenvalue weighted by Gasteiger charge is -2.24. The maximum Gasteiger partial charge on any atom is 0.231 e. The van der Waals surface area contributed by atoms with Crippen LogP contribution in [0.3, 0.4) is 0 Å². The summed E-state index contributed by atoms with van der Waals surface area (Å²) in [6, 6.07) is 4.89. The Labute approximate surface area is 123 Å². The first-order valence-electron chi connectivity index (χ1n) is 6.24. The minimum absolute atomic E-state index is 0.0418. The van der Waals surface area contributed by atoms with Crippen molar-refractivity contribution in [3.63, 3.8) is 0 Å². The van der Waals surface area contributed by atoms with Crippen LogP contribution < -0.4 is 10.5 Å². The van der Waals surface area contributed by atoms with Gasteiger partial charge in [-0.25, -0.2) is 0 Å². The van der Waals surface area contributed by atoms with E-state index < -0.39 is 5.91 Å². The molecule has 0 saturated carbocycles. The van der Waals surface area contributed by atoms with Crippen molar-refractivity contribution < 1.29 is 14.3 Å². The first-order chi connectivity index (χ1) is 9.35. The number of ketones is 1. The van der Waals surface area contributed by atoms with Crippen LogP contribution in [-0.4, -0.2) is 42.8 Å². The number of Topliss-reactive ketones (excluding diaryl/α,β-unsaturated/α-hetero) is 1. The molecule has 5 nitrogen and oxygen atoms in total. The van der Waals surface area contributed by atoms with Gasteiger partial charge in [0.25, 0.3) is 0 Å². The van der Waals surface area contributed by atoms with Crippen molar-refractivity contribution in [1.82, 2.24) is 4.90 Å². The van der Waals surface area contributed by atoms with Crippen molar-refractivity contribution in [3.05, 3.63) is 28.8 Å². The first-order valence-corrected chi connectivity index (χ1v) is 6.62. The number of amides is 1. The van der Waals surface area contributed by atoms with Crippen LogP contribution in [0.25, 0.3) is 0 Å². The molecule has 0 radical (unpaired) electrons. The second-order valence-electron chi connectivity index (χ2n) is 4.74. The summed E-state index contributed by atoms with van der Waals surface area (Å²) in [5, 5.41) is 0.379. The minimum atomic E-state index is -0.459. The third kappa shape index (κ3) is 4.51. The van der Waals surface area contributed by atoms with Gasteiger partial charge in [0, 0.05) is 11.6 Å². The Hall–Kier alpha value is -1.59. The zero-order valence-electron chi connectivity index (χ0n) is 11.9. The van der Waals surface area contributed by atoms with Gasteiger partial charge in [-0.05, 0) is 32.0 Å². The number of nitrogens with zero attached hydrogens (tertiary/aromatic N) is 1. The molecule has 0 heterocycles. The number of hydrogen-bond acceptors (Lipinski definition) is 4. The summed E-state index contributed by atoms with van der Waals surface area (Å²) in [6.45, 7) is 3.96. The molecule has 0 aliphatic heterocycles. The maximum absolute atomic E-state index is 12.2. The van der Waals surface area contributed by atoms with E-state index in [0.29, 0.717) is 16.3 Å².